The van der Waals surface area contributed by atoms with Gasteiger partial charge in [0.2, 0.25) is 0 Å². The zero-order valence-electron chi connectivity index (χ0n) is 70.5. The Balaban J connectivity index is 0.000000162. The molecule has 0 saturated carbocycles. The molecule has 19 heteroatoms. The molecule has 0 bridgehead atoms. The number of unbranched alkanes of at least 4 members (excludes halogenated alkanes) is 2. The summed E-state index contributed by atoms with van der Waals surface area (Å²) in [4.78, 5) is 19.9. The second-order valence-electron chi connectivity index (χ2n) is 32.1. The van der Waals surface area contributed by atoms with Crippen LogP contribution in [0.5, 0.6) is 0 Å². The van der Waals surface area contributed by atoms with E-state index in [0.29, 0.717) is 0 Å². The maximum atomic E-state index is 15.3. The number of benzene rings is 11. The van der Waals surface area contributed by atoms with Crippen molar-refractivity contribution in [2.45, 2.75) is 91.9 Å². The number of hydrogen-bond acceptors (Lipinski definition) is 11. The van der Waals surface area contributed by atoms with Crippen LogP contribution in [0, 0.1) is 24.3 Å². The molecule has 8 nitrogen and oxygen atoms in total. The Kier molecular flexibility index (Phi) is 34.0. The summed E-state index contributed by atoms with van der Waals surface area (Å²) in [5.41, 5.74) is 11.3. The number of rotatable bonds is 20. The van der Waals surface area contributed by atoms with E-state index in [-0.39, 0.29) is 91.3 Å². The van der Waals surface area contributed by atoms with Crippen molar-refractivity contribution in [1.82, 2.24) is 19.9 Å². The molecule has 0 aliphatic carbocycles. The molecule has 0 fully saturated rings. The molecule has 4 radical (unpaired) electrons. The Bertz CT molecular complexity index is 6670. The van der Waals surface area contributed by atoms with Crippen LogP contribution in [0.2, 0.25) is 0 Å². The molecular formula is C106H94Ir4N4O4P4S3-4. The zero-order chi connectivity index (χ0) is 84.2. The van der Waals surface area contributed by atoms with Gasteiger partial charge in [0.05, 0.1) is 32.9 Å². The van der Waals surface area contributed by atoms with E-state index in [4.69, 9.17) is 15.0 Å². The molecule has 11 aromatic carbocycles. The fraction of sp³-hybridized carbons (Fsp3) is 0.151. The Morgan fingerprint density at radius 1 is 0.320 bits per heavy atom. The third-order valence-corrected chi connectivity index (χ3v) is 38.8. The first-order valence-corrected chi connectivity index (χ1v) is 50.7. The SMILES string of the molecule is CC(C)(C)c1ccc(P(=O)(c2ccc(C(C)(C)C)cc2)c2cc[c-]c(-c3ccc4ccccc4n3)c2)cc1.CCCCP(=O)(CCCC)c1cc[c-]c(-c2ccc3ccccc3n2)c1.O=P(c1ccccc1)(c1ccccc1)c1cc[c-]c(-c2ccc3ccccc3n2)c1.O=P(c1cccs1)(c1cccs1)c1c[c-]c(-c2cc3ccccc3cn2)s1.[Ir].[Ir].[Ir].[Ir]. The van der Waals surface area contributed by atoms with Gasteiger partial charge in [0, 0.05) is 120 Å². The average molecular weight is 2480 g/mol. The van der Waals surface area contributed by atoms with Crippen LogP contribution in [0.1, 0.15) is 92.2 Å². The summed E-state index contributed by atoms with van der Waals surface area (Å²) in [6, 6.07) is 123. The molecule has 125 heavy (non-hydrogen) atoms. The molecule has 0 aliphatic rings. The summed E-state index contributed by atoms with van der Waals surface area (Å²) in [5, 5.41) is 15.4. The van der Waals surface area contributed by atoms with Crippen LogP contribution in [0.4, 0.5) is 0 Å². The van der Waals surface area contributed by atoms with Gasteiger partial charge in [0.25, 0.3) is 0 Å². The molecule has 640 valence electrons. The van der Waals surface area contributed by atoms with E-state index >= 15 is 4.57 Å². The van der Waals surface area contributed by atoms with E-state index < -0.39 is 28.6 Å². The number of thiophene rings is 3. The summed E-state index contributed by atoms with van der Waals surface area (Å²) >= 11 is 4.63. The Morgan fingerprint density at radius 2 is 0.680 bits per heavy atom. The molecule has 18 rings (SSSR count). The van der Waals surface area contributed by atoms with E-state index in [1.165, 1.54) is 22.5 Å². The Morgan fingerprint density at radius 3 is 1.06 bits per heavy atom. The van der Waals surface area contributed by atoms with Gasteiger partial charge in [-0.3, -0.25) is 15.0 Å². The second-order valence-corrected chi connectivity index (χ2v) is 47.3. The summed E-state index contributed by atoms with van der Waals surface area (Å²) in [7, 11) is -11.4. The van der Waals surface area contributed by atoms with Gasteiger partial charge >= 0.3 is 0 Å². The van der Waals surface area contributed by atoms with E-state index in [1.807, 2.05) is 272 Å². The minimum absolute atomic E-state index is 0. The van der Waals surface area contributed by atoms with Crippen molar-refractivity contribution in [3.8, 4) is 44.3 Å². The molecule has 0 atom stereocenters. The summed E-state index contributed by atoms with van der Waals surface area (Å²) < 4.78 is 60.5. The van der Waals surface area contributed by atoms with Crippen molar-refractivity contribution < 1.29 is 98.7 Å². The van der Waals surface area contributed by atoms with E-state index in [2.05, 4.69) is 164 Å². The summed E-state index contributed by atoms with van der Waals surface area (Å²) in [6.45, 7) is 17.5. The molecule has 0 saturated heterocycles. The van der Waals surface area contributed by atoms with Crippen LogP contribution >= 0.6 is 62.6 Å². The standard InChI is InChI=1S/C35H35NOP.C27H19NOP.C23H27NOP.C21H13NOPS3.4Ir/c1-34(2,3)27-15-19-29(20-16-27)38(37,30-21-17-28(18-22-30)35(4,5)6)31-12-9-11-26(24-31)33-23-14-25-10-7-8-13-32(25)36-33;29-30(23-12-3-1-4-13-23,24-14-5-2-6-15-24)25-16-9-11-22(20-25)27-19-18-21-10-7-8-17-26(21)28-27;1-3-5-16-26(25,17-6-4-2)21-12-9-11-20(18-21)23-15-14-19-10-7-8-13-22(19)24-23;23-24(19-7-3-11-25-19,20-8-4-12-26-20)21-10-9-18(27-21)17-13-15-5-1-2-6-16(15)14-22-17;;;;/h7-10,12-24H,1-6H3;1-10,12-20H;7-10,12-15,18H,3-6,16-17H2,1-2H3;1-8,10-14H;;;;/q4*-1;;;;. The quantitative estimate of drug-likeness (QED) is 0.0547. The van der Waals surface area contributed by atoms with Gasteiger partial charge in [0.1, 0.15) is 0 Å². The molecule has 7 aromatic heterocycles. The molecule has 7 heterocycles. The van der Waals surface area contributed by atoms with Crippen LogP contribution in [-0.2, 0) is 110 Å². The molecule has 0 aliphatic heterocycles. The number of hydrogen-bond donors (Lipinski definition) is 0. The first kappa shape index (κ1) is 97.3. The molecular weight excluding hydrogens is 2380 g/mol. The van der Waals surface area contributed by atoms with Gasteiger partial charge in [-0.25, -0.2) is 11.3 Å². The predicted molar refractivity (Wildman–Crippen MR) is 520 cm³/mol. The third kappa shape index (κ3) is 22.3. The summed E-state index contributed by atoms with van der Waals surface area (Å²) in [5.74, 6) is 0. The van der Waals surface area contributed by atoms with Crippen molar-refractivity contribution in [2.75, 3.05) is 12.3 Å². The van der Waals surface area contributed by atoms with Crippen LogP contribution in [-0.4, -0.2) is 32.3 Å². The number of nitrogens with zero attached hydrogens (tertiary/aromatic N) is 4. The van der Waals surface area contributed by atoms with Crippen molar-refractivity contribution in [2.24, 2.45) is 0 Å². The Hall–Kier alpha value is -8.32. The van der Waals surface area contributed by atoms with Crippen LogP contribution < -0.4 is 51.0 Å². The molecule has 0 unspecified atom stereocenters. The number of aromatic nitrogens is 4. The normalized spacial score (nSPS) is 11.6. The topological polar surface area (TPSA) is 120 Å². The third-order valence-electron chi connectivity index (χ3n) is 21.7. The van der Waals surface area contributed by atoms with E-state index in [0.717, 1.165) is 177 Å². The fourth-order valence-corrected chi connectivity index (χ4v) is 30.9. The first-order chi connectivity index (χ1) is 58.6. The zero-order valence-corrected chi connectivity index (χ0v) is 86.1. The maximum Gasteiger partial charge on any atom is 0.153 e. The number of fused-ring (bicyclic) bond motifs is 4. The number of para-hydroxylation sites is 3. The van der Waals surface area contributed by atoms with Gasteiger partial charge < -0.3 is 23.2 Å². The van der Waals surface area contributed by atoms with Crippen molar-refractivity contribution in [3.63, 3.8) is 0 Å². The van der Waals surface area contributed by atoms with Crippen molar-refractivity contribution in [1.29, 1.82) is 0 Å². The molecule has 0 N–H and O–H groups in total. The van der Waals surface area contributed by atoms with Gasteiger partial charge in [-0.1, -0.05) is 332 Å². The largest absolute Gasteiger partial charge is 0.320 e. The monoisotopic (exact) mass is 2480 g/mol. The van der Waals surface area contributed by atoms with E-state index in [9.17, 15) is 13.7 Å². The summed E-state index contributed by atoms with van der Waals surface area (Å²) in [6.07, 6.45) is 7.68. The van der Waals surface area contributed by atoms with Gasteiger partial charge in [-0.2, -0.15) is 12.1 Å². The van der Waals surface area contributed by atoms with Gasteiger partial charge in [-0.05, 0) is 130 Å². The second kappa shape index (κ2) is 43.7. The van der Waals surface area contributed by atoms with Gasteiger partial charge in [0.15, 0.2) is 21.4 Å². The molecule has 18 aromatic rings. The minimum Gasteiger partial charge on any atom is -0.320 e. The Labute approximate surface area is 802 Å². The molecule has 0 amide bonds. The minimum atomic E-state index is -3.16. The maximum absolute atomic E-state index is 15.3. The van der Waals surface area contributed by atoms with Crippen molar-refractivity contribution in [3.05, 3.63) is 386 Å². The molecule has 0 spiro atoms. The smallest absolute Gasteiger partial charge is 0.153 e. The van der Waals surface area contributed by atoms with E-state index in [1.54, 1.807) is 22.7 Å². The predicted octanol–water partition coefficient (Wildman–Crippen LogP) is 25.1. The van der Waals surface area contributed by atoms with Gasteiger partial charge in [-0.15, -0.1) is 112 Å². The fourth-order valence-electron chi connectivity index (χ4n) is 14.8. The van der Waals surface area contributed by atoms with Crippen LogP contribution in [0.25, 0.3) is 87.8 Å². The van der Waals surface area contributed by atoms with Crippen LogP contribution in [0.3, 0.4) is 0 Å². The average Bonchev–Trinajstić information content (AvgIpc) is 1.74. The van der Waals surface area contributed by atoms with Crippen molar-refractivity contribution >= 4 is 157 Å². The first-order valence-electron chi connectivity index (χ1n) is 40.9. The number of pyridine rings is 4. The van der Waals surface area contributed by atoms with Crippen LogP contribution in [0.15, 0.2) is 351 Å².